The Kier molecular flexibility index (Phi) is 4.06. The first kappa shape index (κ1) is 14.6. The van der Waals surface area contributed by atoms with Crippen molar-refractivity contribution in [1.29, 1.82) is 0 Å². The number of nitrogens with two attached hydrogens (primary N) is 1. The fraction of sp³-hybridized carbons (Fsp3) is 0.400. The Labute approximate surface area is 123 Å². The summed E-state index contributed by atoms with van der Waals surface area (Å²) in [4.78, 5) is 16.8. The molecule has 1 aromatic heterocycles. The first-order valence-corrected chi connectivity index (χ1v) is 8.18. The Morgan fingerprint density at radius 1 is 1.53 bits per heavy atom. The van der Waals surface area contributed by atoms with Gasteiger partial charge in [-0.3, -0.25) is 9.69 Å². The van der Waals surface area contributed by atoms with Gasteiger partial charge in [-0.25, -0.2) is 18.5 Å². The summed E-state index contributed by atoms with van der Waals surface area (Å²) in [5, 5.41) is 4.95. The van der Waals surface area contributed by atoms with Crippen LogP contribution in [-0.2, 0) is 14.8 Å². The second-order valence-electron chi connectivity index (χ2n) is 4.35. The Morgan fingerprint density at radius 2 is 2.21 bits per heavy atom. The van der Waals surface area contributed by atoms with Crippen molar-refractivity contribution in [2.24, 2.45) is 11.1 Å². The molecule has 0 aromatic carbocycles. The molecule has 1 fully saturated rings. The van der Waals surface area contributed by atoms with E-state index in [1.54, 1.807) is 22.6 Å². The van der Waals surface area contributed by atoms with E-state index in [1.807, 2.05) is 0 Å². The number of nitrogens with zero attached hydrogens (tertiary/aromatic N) is 2. The number of anilines is 1. The number of primary sulfonamides is 1. The van der Waals surface area contributed by atoms with E-state index >= 15 is 0 Å². The minimum Gasteiger partial charge on any atom is -0.296 e. The molecule has 0 radical (unpaired) electrons. The predicted molar refractivity (Wildman–Crippen MR) is 75.3 cm³/mol. The average Bonchev–Trinajstić information content (AvgIpc) is 2.61. The van der Waals surface area contributed by atoms with Gasteiger partial charge in [0.15, 0.2) is 0 Å². The topological polar surface area (TPSA) is 93.4 Å². The zero-order valence-electron chi connectivity index (χ0n) is 9.71. The number of carbonyl (C=O) groups is 1. The van der Waals surface area contributed by atoms with Crippen LogP contribution in [0.4, 0.5) is 10.2 Å². The molecule has 1 saturated heterocycles. The van der Waals surface area contributed by atoms with Crippen molar-refractivity contribution in [1.82, 2.24) is 4.98 Å². The number of sulfonamides is 1. The molecule has 1 aromatic rings. The van der Waals surface area contributed by atoms with Gasteiger partial charge < -0.3 is 0 Å². The van der Waals surface area contributed by atoms with E-state index in [1.165, 1.54) is 17.0 Å². The molecular formula is C10H11FIN3O3S. The van der Waals surface area contributed by atoms with Crippen LogP contribution in [0, 0.1) is 15.4 Å². The van der Waals surface area contributed by atoms with Crippen LogP contribution in [-0.4, -0.2) is 31.6 Å². The van der Waals surface area contributed by atoms with Gasteiger partial charge in [0.05, 0.1) is 9.32 Å². The molecular weight excluding hydrogens is 388 g/mol. The van der Waals surface area contributed by atoms with E-state index in [0.717, 1.165) is 0 Å². The van der Waals surface area contributed by atoms with E-state index in [4.69, 9.17) is 5.14 Å². The third-order valence-corrected chi connectivity index (χ3v) is 4.48. The molecule has 0 saturated carbocycles. The highest BCUT2D eigenvalue weighted by Crippen LogP contribution is 2.25. The van der Waals surface area contributed by atoms with Gasteiger partial charge in [-0.15, -0.1) is 0 Å². The number of hydrogen-bond acceptors (Lipinski definition) is 4. The highest BCUT2D eigenvalue weighted by Gasteiger charge is 2.33. The molecule has 19 heavy (non-hydrogen) atoms. The lowest BCUT2D eigenvalue weighted by atomic mass is 10.1. The first-order valence-electron chi connectivity index (χ1n) is 5.39. The van der Waals surface area contributed by atoms with Crippen molar-refractivity contribution < 1.29 is 17.6 Å². The summed E-state index contributed by atoms with van der Waals surface area (Å²) in [6.45, 7) is 0.183. The van der Waals surface area contributed by atoms with Gasteiger partial charge in [0.1, 0.15) is 5.82 Å². The van der Waals surface area contributed by atoms with E-state index in [9.17, 15) is 17.6 Å². The lowest BCUT2D eigenvalue weighted by Crippen LogP contribution is -2.28. The molecule has 1 atom stereocenters. The number of halogens is 2. The summed E-state index contributed by atoms with van der Waals surface area (Å²) in [5.74, 6) is -1.38. The number of amides is 1. The van der Waals surface area contributed by atoms with Crippen LogP contribution in [0.25, 0.3) is 0 Å². The fourth-order valence-corrected chi connectivity index (χ4v) is 3.18. The molecule has 1 amide bonds. The lowest BCUT2D eigenvalue weighted by Gasteiger charge is -2.15. The van der Waals surface area contributed by atoms with Crippen LogP contribution in [0.2, 0.25) is 0 Å². The van der Waals surface area contributed by atoms with E-state index < -0.39 is 16.0 Å². The van der Waals surface area contributed by atoms with Crippen molar-refractivity contribution in [3.05, 3.63) is 21.7 Å². The van der Waals surface area contributed by atoms with Crippen molar-refractivity contribution in [3.8, 4) is 0 Å². The largest absolute Gasteiger partial charge is 0.296 e. The summed E-state index contributed by atoms with van der Waals surface area (Å²) >= 11 is 1.79. The van der Waals surface area contributed by atoms with Gasteiger partial charge in [-0.05, 0) is 34.7 Å². The third-order valence-electron chi connectivity index (χ3n) is 2.74. The molecule has 9 heteroatoms. The van der Waals surface area contributed by atoms with Gasteiger partial charge in [-0.2, -0.15) is 4.39 Å². The summed E-state index contributed by atoms with van der Waals surface area (Å²) in [7, 11) is -3.63. The van der Waals surface area contributed by atoms with E-state index in [2.05, 4.69) is 4.98 Å². The van der Waals surface area contributed by atoms with Gasteiger partial charge in [-0.1, -0.05) is 0 Å². The summed E-state index contributed by atoms with van der Waals surface area (Å²) < 4.78 is 35.7. The minimum atomic E-state index is -3.63. The maximum atomic E-state index is 13.4. The molecule has 0 bridgehead atoms. The van der Waals surface area contributed by atoms with Gasteiger partial charge >= 0.3 is 0 Å². The maximum absolute atomic E-state index is 13.4. The second kappa shape index (κ2) is 5.29. The number of carbonyl (C=O) groups excluding carboxylic acids is 1. The number of aromatic nitrogens is 1. The molecule has 2 heterocycles. The Bertz CT molecular complexity index is 622. The highest BCUT2D eigenvalue weighted by atomic mass is 127. The molecule has 2 N–H and O–H groups in total. The second-order valence-corrected chi connectivity index (χ2v) is 7.17. The van der Waals surface area contributed by atoms with Crippen molar-refractivity contribution in [3.63, 3.8) is 0 Å². The first-order chi connectivity index (χ1) is 8.76. The minimum absolute atomic E-state index is 0.0751. The fourth-order valence-electron chi connectivity index (χ4n) is 2.00. The Balaban J connectivity index is 2.18. The normalized spacial score (nSPS) is 20.1. The van der Waals surface area contributed by atoms with Crippen LogP contribution >= 0.6 is 22.6 Å². The highest BCUT2D eigenvalue weighted by molar-refractivity contribution is 14.1. The number of rotatable bonds is 3. The van der Waals surface area contributed by atoms with Crippen LogP contribution in [0.15, 0.2) is 12.1 Å². The van der Waals surface area contributed by atoms with E-state index in [0.29, 0.717) is 3.57 Å². The van der Waals surface area contributed by atoms with E-state index in [-0.39, 0.29) is 36.4 Å². The molecule has 1 unspecified atom stereocenters. The lowest BCUT2D eigenvalue weighted by molar-refractivity contribution is -0.117. The molecule has 1 aliphatic rings. The zero-order valence-corrected chi connectivity index (χ0v) is 12.7. The summed E-state index contributed by atoms with van der Waals surface area (Å²) in [5.41, 5.74) is 0. The van der Waals surface area contributed by atoms with Crippen LogP contribution in [0.5, 0.6) is 0 Å². The summed E-state index contributed by atoms with van der Waals surface area (Å²) in [6, 6.07) is 3.04. The molecule has 1 aliphatic heterocycles. The predicted octanol–water partition coefficient (Wildman–Crippen LogP) is 0.467. The SMILES string of the molecule is NS(=O)(=O)CC1CC(=O)N(c2ccc(I)c(F)n2)C1. The Morgan fingerprint density at radius 3 is 2.79 bits per heavy atom. The van der Waals surface area contributed by atoms with Crippen molar-refractivity contribution >= 4 is 44.3 Å². The average molecular weight is 399 g/mol. The monoisotopic (exact) mass is 399 g/mol. The number of hydrogen-bond donors (Lipinski definition) is 1. The zero-order chi connectivity index (χ0) is 14.2. The molecule has 0 spiro atoms. The molecule has 2 rings (SSSR count). The maximum Gasteiger partial charge on any atom is 0.228 e. The quantitative estimate of drug-likeness (QED) is 0.591. The van der Waals surface area contributed by atoms with Gasteiger partial charge in [0.2, 0.25) is 21.9 Å². The summed E-state index contributed by atoms with van der Waals surface area (Å²) in [6.07, 6.45) is 0.0751. The van der Waals surface area contributed by atoms with Crippen LogP contribution in [0.1, 0.15) is 6.42 Å². The third kappa shape index (κ3) is 3.60. The van der Waals surface area contributed by atoms with Crippen molar-refractivity contribution in [2.45, 2.75) is 6.42 Å². The van der Waals surface area contributed by atoms with Gasteiger partial charge in [0, 0.05) is 18.9 Å². The standard InChI is InChI=1S/C10H11FIN3O3S/c11-10-7(12)1-2-8(14-10)15-4-6(3-9(15)16)5-19(13,17)18/h1-2,6H,3-5H2,(H2,13,17,18). The smallest absolute Gasteiger partial charge is 0.228 e. The molecule has 6 nitrogen and oxygen atoms in total. The van der Waals surface area contributed by atoms with Crippen LogP contribution in [0.3, 0.4) is 0 Å². The van der Waals surface area contributed by atoms with Gasteiger partial charge in [0.25, 0.3) is 0 Å². The van der Waals surface area contributed by atoms with Crippen molar-refractivity contribution in [2.75, 3.05) is 17.2 Å². The van der Waals surface area contributed by atoms with Crippen LogP contribution < -0.4 is 10.0 Å². The number of pyridine rings is 1. The molecule has 0 aliphatic carbocycles. The molecule has 104 valence electrons. The Hall–Kier alpha value is -0.810.